The molecule has 94 valence electrons. The largest absolute Gasteiger partial charge is 0.489 e. The van der Waals surface area contributed by atoms with E-state index in [9.17, 15) is 0 Å². The van der Waals surface area contributed by atoms with E-state index in [0.717, 1.165) is 11.3 Å². The maximum Gasteiger partial charge on any atom is 0.124 e. The number of halogens is 1. The SMILES string of the molecule is Cc1ccccc1COc1ccc(Cl)cc1CN. The zero-order valence-corrected chi connectivity index (χ0v) is 11.1. The third-order valence-electron chi connectivity index (χ3n) is 2.89. The van der Waals surface area contributed by atoms with Crippen LogP contribution in [0.5, 0.6) is 5.75 Å². The Hall–Kier alpha value is -1.51. The van der Waals surface area contributed by atoms with E-state index in [1.54, 1.807) is 0 Å². The molecule has 0 saturated heterocycles. The molecule has 0 aliphatic carbocycles. The van der Waals surface area contributed by atoms with Gasteiger partial charge < -0.3 is 10.5 Å². The van der Waals surface area contributed by atoms with Gasteiger partial charge in [0.15, 0.2) is 0 Å². The van der Waals surface area contributed by atoms with E-state index in [2.05, 4.69) is 19.1 Å². The van der Waals surface area contributed by atoms with Crippen molar-refractivity contribution < 1.29 is 4.74 Å². The van der Waals surface area contributed by atoms with Gasteiger partial charge >= 0.3 is 0 Å². The van der Waals surface area contributed by atoms with Crippen LogP contribution in [0, 0.1) is 6.92 Å². The smallest absolute Gasteiger partial charge is 0.124 e. The lowest BCUT2D eigenvalue weighted by Gasteiger charge is -2.12. The third kappa shape index (κ3) is 3.03. The van der Waals surface area contributed by atoms with E-state index in [-0.39, 0.29) is 0 Å². The van der Waals surface area contributed by atoms with Crippen LogP contribution < -0.4 is 10.5 Å². The normalized spacial score (nSPS) is 10.4. The topological polar surface area (TPSA) is 35.2 Å². The molecule has 2 aromatic carbocycles. The summed E-state index contributed by atoms with van der Waals surface area (Å²) in [5.74, 6) is 0.796. The van der Waals surface area contributed by atoms with Gasteiger partial charge in [-0.15, -0.1) is 0 Å². The molecular formula is C15H16ClNO. The van der Waals surface area contributed by atoms with Gasteiger partial charge in [0.2, 0.25) is 0 Å². The van der Waals surface area contributed by atoms with Crippen LogP contribution in [0.25, 0.3) is 0 Å². The van der Waals surface area contributed by atoms with Crippen LogP contribution in [0.2, 0.25) is 5.02 Å². The van der Waals surface area contributed by atoms with Crippen LogP contribution in [-0.2, 0) is 13.2 Å². The Kier molecular flexibility index (Phi) is 4.24. The summed E-state index contributed by atoms with van der Waals surface area (Å²) in [6, 6.07) is 13.7. The fourth-order valence-corrected chi connectivity index (χ4v) is 1.97. The van der Waals surface area contributed by atoms with E-state index >= 15 is 0 Å². The lowest BCUT2D eigenvalue weighted by Crippen LogP contribution is -2.03. The number of hydrogen-bond donors (Lipinski definition) is 1. The lowest BCUT2D eigenvalue weighted by molar-refractivity contribution is 0.302. The highest BCUT2D eigenvalue weighted by molar-refractivity contribution is 6.30. The van der Waals surface area contributed by atoms with Gasteiger partial charge in [-0.3, -0.25) is 0 Å². The minimum atomic E-state index is 0.420. The molecule has 0 heterocycles. The molecule has 18 heavy (non-hydrogen) atoms. The summed E-state index contributed by atoms with van der Waals surface area (Å²) >= 11 is 5.93. The third-order valence-corrected chi connectivity index (χ3v) is 3.12. The molecule has 2 N–H and O–H groups in total. The fraction of sp³-hybridized carbons (Fsp3) is 0.200. The van der Waals surface area contributed by atoms with Gasteiger partial charge in [0, 0.05) is 17.1 Å². The summed E-state index contributed by atoms with van der Waals surface area (Å²) in [4.78, 5) is 0. The summed E-state index contributed by atoms with van der Waals surface area (Å²) in [5, 5.41) is 0.679. The summed E-state index contributed by atoms with van der Waals surface area (Å²) in [6.45, 7) is 3.04. The second-order valence-corrected chi connectivity index (χ2v) is 4.61. The molecule has 0 aliphatic rings. The molecule has 0 radical (unpaired) electrons. The number of ether oxygens (including phenoxy) is 1. The van der Waals surface area contributed by atoms with E-state index in [4.69, 9.17) is 22.1 Å². The molecule has 2 nitrogen and oxygen atoms in total. The Morgan fingerprint density at radius 3 is 2.61 bits per heavy atom. The second-order valence-electron chi connectivity index (χ2n) is 4.17. The lowest BCUT2D eigenvalue weighted by atomic mass is 10.1. The number of aryl methyl sites for hydroxylation is 1. The predicted molar refractivity (Wildman–Crippen MR) is 74.9 cm³/mol. The Bertz CT molecular complexity index is 540. The molecule has 0 saturated carbocycles. The van der Waals surface area contributed by atoms with Gasteiger partial charge in [0.25, 0.3) is 0 Å². The van der Waals surface area contributed by atoms with Crippen molar-refractivity contribution in [3.8, 4) is 5.75 Å². The van der Waals surface area contributed by atoms with Crippen LogP contribution >= 0.6 is 11.6 Å². The Labute approximate surface area is 112 Å². The quantitative estimate of drug-likeness (QED) is 0.911. The average molecular weight is 262 g/mol. The molecule has 0 fully saturated rings. The first kappa shape index (κ1) is 12.9. The zero-order chi connectivity index (χ0) is 13.0. The van der Waals surface area contributed by atoms with Crippen molar-refractivity contribution in [1.29, 1.82) is 0 Å². The van der Waals surface area contributed by atoms with Crippen molar-refractivity contribution in [2.75, 3.05) is 0 Å². The maximum atomic E-state index is 5.93. The highest BCUT2D eigenvalue weighted by Crippen LogP contribution is 2.23. The van der Waals surface area contributed by atoms with Crippen molar-refractivity contribution in [2.24, 2.45) is 5.73 Å². The standard InChI is InChI=1S/C15H16ClNO/c1-11-4-2-3-5-12(11)10-18-15-7-6-14(16)8-13(15)9-17/h2-8H,9-10,17H2,1H3. The van der Waals surface area contributed by atoms with Crippen molar-refractivity contribution in [3.63, 3.8) is 0 Å². The molecule has 0 amide bonds. The first-order valence-electron chi connectivity index (χ1n) is 5.86. The maximum absolute atomic E-state index is 5.93. The van der Waals surface area contributed by atoms with Gasteiger partial charge in [-0.1, -0.05) is 35.9 Å². The Morgan fingerprint density at radius 2 is 1.89 bits per heavy atom. The minimum Gasteiger partial charge on any atom is -0.489 e. The minimum absolute atomic E-state index is 0.420. The fourth-order valence-electron chi connectivity index (χ4n) is 1.78. The molecule has 2 aromatic rings. The molecule has 0 aromatic heterocycles. The van der Waals surface area contributed by atoms with Crippen molar-refractivity contribution in [3.05, 3.63) is 64.2 Å². The van der Waals surface area contributed by atoms with Gasteiger partial charge in [0.1, 0.15) is 12.4 Å². The van der Waals surface area contributed by atoms with Crippen LogP contribution in [0.1, 0.15) is 16.7 Å². The Morgan fingerprint density at radius 1 is 1.11 bits per heavy atom. The molecule has 3 heteroatoms. The van der Waals surface area contributed by atoms with E-state index in [0.29, 0.717) is 18.2 Å². The zero-order valence-electron chi connectivity index (χ0n) is 10.3. The van der Waals surface area contributed by atoms with Crippen molar-refractivity contribution >= 4 is 11.6 Å². The van der Waals surface area contributed by atoms with Crippen LogP contribution in [-0.4, -0.2) is 0 Å². The molecule has 0 spiro atoms. The molecule has 0 unspecified atom stereocenters. The molecule has 0 atom stereocenters. The van der Waals surface area contributed by atoms with Crippen molar-refractivity contribution in [1.82, 2.24) is 0 Å². The van der Waals surface area contributed by atoms with Crippen LogP contribution in [0.15, 0.2) is 42.5 Å². The van der Waals surface area contributed by atoms with Crippen LogP contribution in [0.3, 0.4) is 0 Å². The summed E-state index contributed by atoms with van der Waals surface area (Å²) in [7, 11) is 0. The number of nitrogens with two attached hydrogens (primary N) is 1. The van der Waals surface area contributed by atoms with Gasteiger partial charge in [0.05, 0.1) is 0 Å². The monoisotopic (exact) mass is 261 g/mol. The number of hydrogen-bond acceptors (Lipinski definition) is 2. The second kappa shape index (κ2) is 5.89. The average Bonchev–Trinajstić information content (AvgIpc) is 2.39. The van der Waals surface area contributed by atoms with E-state index in [1.807, 2.05) is 30.3 Å². The van der Waals surface area contributed by atoms with Crippen LogP contribution in [0.4, 0.5) is 0 Å². The Balaban J connectivity index is 2.13. The highest BCUT2D eigenvalue weighted by Gasteiger charge is 2.04. The molecular weight excluding hydrogens is 246 g/mol. The number of benzene rings is 2. The first-order valence-corrected chi connectivity index (χ1v) is 6.24. The van der Waals surface area contributed by atoms with E-state index in [1.165, 1.54) is 11.1 Å². The van der Waals surface area contributed by atoms with Gasteiger partial charge in [-0.05, 0) is 36.2 Å². The van der Waals surface area contributed by atoms with Crippen molar-refractivity contribution in [2.45, 2.75) is 20.1 Å². The molecule has 2 rings (SSSR count). The summed E-state index contributed by atoms with van der Waals surface area (Å²) in [6.07, 6.45) is 0. The molecule has 0 aliphatic heterocycles. The summed E-state index contributed by atoms with van der Waals surface area (Å²) < 4.78 is 5.81. The summed E-state index contributed by atoms with van der Waals surface area (Å²) in [5.41, 5.74) is 9.01. The van der Waals surface area contributed by atoms with Gasteiger partial charge in [-0.25, -0.2) is 0 Å². The van der Waals surface area contributed by atoms with E-state index < -0.39 is 0 Å². The highest BCUT2D eigenvalue weighted by atomic mass is 35.5. The number of rotatable bonds is 4. The first-order chi connectivity index (χ1) is 8.70. The van der Waals surface area contributed by atoms with Gasteiger partial charge in [-0.2, -0.15) is 0 Å². The molecule has 0 bridgehead atoms. The predicted octanol–water partition coefficient (Wildman–Crippen LogP) is 3.69.